The molecule has 0 N–H and O–H groups in total. The number of hydrogen-bond donors (Lipinski definition) is 0. The van der Waals surface area contributed by atoms with Crippen molar-refractivity contribution in [1.29, 1.82) is 0 Å². The second kappa shape index (κ2) is 7.63. The highest BCUT2D eigenvalue weighted by molar-refractivity contribution is 7.16. The Morgan fingerprint density at radius 1 is 1.42 bits per heavy atom. The number of fused-ring (bicyclic) bond motifs is 1. The van der Waals surface area contributed by atoms with E-state index >= 15 is 0 Å². The van der Waals surface area contributed by atoms with Gasteiger partial charge in [-0.15, -0.1) is 0 Å². The zero-order chi connectivity index (χ0) is 16.9. The number of benzene rings is 1. The van der Waals surface area contributed by atoms with Gasteiger partial charge in [0.25, 0.3) is 0 Å². The lowest BCUT2D eigenvalue weighted by atomic mass is 10.2. The van der Waals surface area contributed by atoms with Crippen molar-refractivity contribution in [2.75, 3.05) is 26.4 Å². The smallest absolute Gasteiger partial charge is 0.317 e. The maximum atomic E-state index is 12.3. The molecule has 24 heavy (non-hydrogen) atoms. The fraction of sp³-hybridized carbons (Fsp3) is 0.412. The number of rotatable bonds is 5. The van der Waals surface area contributed by atoms with Crippen molar-refractivity contribution in [2.24, 2.45) is 4.99 Å². The van der Waals surface area contributed by atoms with Crippen LogP contribution in [0.1, 0.15) is 12.5 Å². The van der Waals surface area contributed by atoms with E-state index in [1.54, 1.807) is 0 Å². The Morgan fingerprint density at radius 3 is 3.04 bits per heavy atom. The van der Waals surface area contributed by atoms with Gasteiger partial charge in [0.15, 0.2) is 4.80 Å². The van der Waals surface area contributed by atoms with E-state index in [-0.39, 0.29) is 5.76 Å². The molecule has 1 aliphatic rings. The Hall–Kier alpha value is -2.12. The highest BCUT2D eigenvalue weighted by Gasteiger charge is 2.15. The van der Waals surface area contributed by atoms with Crippen molar-refractivity contribution in [3.05, 3.63) is 40.6 Å². The predicted molar refractivity (Wildman–Crippen MR) is 91.6 cm³/mol. The van der Waals surface area contributed by atoms with Crippen molar-refractivity contribution in [3.8, 4) is 0 Å². The van der Waals surface area contributed by atoms with Crippen LogP contribution in [0, 0.1) is 6.92 Å². The van der Waals surface area contributed by atoms with Gasteiger partial charge in [0, 0.05) is 13.2 Å². The average molecular weight is 348 g/mol. The lowest BCUT2D eigenvalue weighted by molar-refractivity contribution is -0.119. The molecule has 3 rings (SSSR count). The third-order valence-electron chi connectivity index (χ3n) is 3.56. The van der Waals surface area contributed by atoms with Gasteiger partial charge >= 0.3 is 5.91 Å². The topological polar surface area (TPSA) is 62.1 Å². The van der Waals surface area contributed by atoms with Crippen molar-refractivity contribution < 1.29 is 19.0 Å². The summed E-state index contributed by atoms with van der Waals surface area (Å²) >= 11 is 1.48. The van der Waals surface area contributed by atoms with E-state index in [0.717, 1.165) is 10.2 Å². The van der Waals surface area contributed by atoms with Crippen LogP contribution >= 0.6 is 11.3 Å². The van der Waals surface area contributed by atoms with Crippen molar-refractivity contribution in [3.63, 3.8) is 0 Å². The number of amides is 1. The molecule has 0 unspecified atom stereocenters. The first kappa shape index (κ1) is 16.7. The van der Waals surface area contributed by atoms with Crippen LogP contribution in [0.4, 0.5) is 0 Å². The van der Waals surface area contributed by atoms with E-state index in [4.69, 9.17) is 14.2 Å². The highest BCUT2D eigenvalue weighted by Crippen LogP contribution is 2.19. The van der Waals surface area contributed by atoms with Crippen LogP contribution in [0.15, 0.2) is 35.2 Å². The monoisotopic (exact) mass is 348 g/mol. The van der Waals surface area contributed by atoms with Gasteiger partial charge in [0.05, 0.1) is 16.8 Å². The number of carbonyl (C=O) groups excluding carboxylic acids is 1. The normalized spacial score (nSPS) is 15.1. The molecule has 0 saturated carbocycles. The van der Waals surface area contributed by atoms with E-state index in [1.165, 1.54) is 23.2 Å². The van der Waals surface area contributed by atoms with Crippen molar-refractivity contribution >= 4 is 27.5 Å². The quantitative estimate of drug-likeness (QED) is 0.778. The van der Waals surface area contributed by atoms with Gasteiger partial charge in [-0.3, -0.25) is 4.79 Å². The second-order valence-electron chi connectivity index (χ2n) is 5.32. The second-order valence-corrected chi connectivity index (χ2v) is 6.33. The van der Waals surface area contributed by atoms with Gasteiger partial charge in [-0.2, -0.15) is 4.99 Å². The molecule has 0 saturated heterocycles. The molecule has 1 aromatic carbocycles. The molecule has 0 radical (unpaired) electrons. The molecule has 7 heteroatoms. The minimum absolute atomic E-state index is 0.145. The first-order valence-electron chi connectivity index (χ1n) is 7.90. The summed E-state index contributed by atoms with van der Waals surface area (Å²) in [4.78, 5) is 17.2. The zero-order valence-electron chi connectivity index (χ0n) is 13.8. The third-order valence-corrected chi connectivity index (χ3v) is 4.60. The first-order valence-corrected chi connectivity index (χ1v) is 8.72. The molecule has 0 aliphatic carbocycles. The van der Waals surface area contributed by atoms with Gasteiger partial charge in [-0.05, 0) is 31.5 Å². The van der Waals surface area contributed by atoms with Gasteiger partial charge in [-0.25, -0.2) is 0 Å². The number of aryl methyl sites for hydroxylation is 1. The van der Waals surface area contributed by atoms with Gasteiger partial charge < -0.3 is 18.8 Å². The molecule has 0 spiro atoms. The Balaban J connectivity index is 2.01. The molecule has 128 valence electrons. The Kier molecular flexibility index (Phi) is 5.32. The number of aromatic nitrogens is 1. The van der Waals surface area contributed by atoms with Crippen LogP contribution in [0.2, 0.25) is 0 Å². The maximum Gasteiger partial charge on any atom is 0.317 e. The molecule has 6 nitrogen and oxygen atoms in total. The molecule has 0 bridgehead atoms. The van der Waals surface area contributed by atoms with Crippen molar-refractivity contribution in [1.82, 2.24) is 4.57 Å². The number of hydrogen-bond acceptors (Lipinski definition) is 5. The molecule has 2 heterocycles. The fourth-order valence-corrected chi connectivity index (χ4v) is 3.56. The standard InChI is InChI=1S/C17H20N2O4S/c1-3-21-7-6-19-13-5-4-12(2)10-15(13)24-17(19)18-16(20)14-11-22-8-9-23-14/h4-5,10-11H,3,6-9H2,1-2H3. The molecule has 1 aromatic heterocycles. The minimum Gasteiger partial charge on any atom is -0.494 e. The van der Waals surface area contributed by atoms with E-state index in [0.29, 0.717) is 37.8 Å². The number of ether oxygens (including phenoxy) is 3. The number of nitrogens with zero attached hydrogens (tertiary/aromatic N) is 2. The lowest BCUT2D eigenvalue weighted by Gasteiger charge is -2.12. The van der Waals surface area contributed by atoms with Gasteiger partial charge in [0.1, 0.15) is 19.5 Å². The summed E-state index contributed by atoms with van der Waals surface area (Å²) in [6.45, 7) is 6.69. The van der Waals surface area contributed by atoms with Crippen LogP contribution in [0.5, 0.6) is 0 Å². The molecule has 2 aromatic rings. The number of carbonyl (C=O) groups is 1. The first-order chi connectivity index (χ1) is 11.7. The Morgan fingerprint density at radius 2 is 2.29 bits per heavy atom. The highest BCUT2D eigenvalue weighted by atomic mass is 32.1. The summed E-state index contributed by atoms with van der Waals surface area (Å²) in [6, 6.07) is 6.20. The van der Waals surface area contributed by atoms with E-state index in [9.17, 15) is 4.79 Å². The molecule has 1 aliphatic heterocycles. The predicted octanol–water partition coefficient (Wildman–Crippen LogP) is 2.36. The van der Waals surface area contributed by atoms with Gasteiger partial charge in [-0.1, -0.05) is 17.4 Å². The van der Waals surface area contributed by atoms with Crippen molar-refractivity contribution in [2.45, 2.75) is 20.4 Å². The summed E-state index contributed by atoms with van der Waals surface area (Å²) in [5.41, 5.74) is 2.22. The summed E-state index contributed by atoms with van der Waals surface area (Å²) in [6.07, 6.45) is 1.33. The van der Waals surface area contributed by atoms with Crippen LogP contribution < -0.4 is 4.80 Å². The Bertz CT molecular complexity index is 835. The fourth-order valence-electron chi connectivity index (χ4n) is 2.40. The number of thiazole rings is 1. The summed E-state index contributed by atoms with van der Waals surface area (Å²) in [7, 11) is 0. The molecular formula is C17H20N2O4S. The molecular weight excluding hydrogens is 328 g/mol. The lowest BCUT2D eigenvalue weighted by Crippen LogP contribution is -2.21. The van der Waals surface area contributed by atoms with Crippen LogP contribution in [-0.4, -0.2) is 36.9 Å². The zero-order valence-corrected chi connectivity index (χ0v) is 14.6. The summed E-state index contributed by atoms with van der Waals surface area (Å²) < 4.78 is 19.0. The van der Waals surface area contributed by atoms with Gasteiger partial charge in [0.2, 0.25) is 5.76 Å². The largest absolute Gasteiger partial charge is 0.494 e. The Labute approximate surface area is 144 Å². The molecule has 0 fully saturated rings. The third kappa shape index (κ3) is 3.68. The van der Waals surface area contributed by atoms with Crippen LogP contribution in [0.25, 0.3) is 10.2 Å². The van der Waals surface area contributed by atoms with E-state index in [1.807, 2.05) is 18.4 Å². The van der Waals surface area contributed by atoms with E-state index in [2.05, 4.69) is 23.2 Å². The molecule has 1 amide bonds. The SMILES string of the molecule is CCOCCn1c(=NC(=O)C2=COCCO2)sc2cc(C)ccc21. The summed E-state index contributed by atoms with van der Waals surface area (Å²) in [5, 5.41) is 0. The van der Waals surface area contributed by atoms with Crippen LogP contribution in [-0.2, 0) is 25.5 Å². The maximum absolute atomic E-state index is 12.3. The van der Waals surface area contributed by atoms with Crippen LogP contribution in [0.3, 0.4) is 0 Å². The minimum atomic E-state index is -0.428. The average Bonchev–Trinajstić information content (AvgIpc) is 2.92. The molecule has 0 atom stereocenters. The van der Waals surface area contributed by atoms with E-state index < -0.39 is 5.91 Å². The summed E-state index contributed by atoms with van der Waals surface area (Å²) in [5.74, 6) is -0.283.